The van der Waals surface area contributed by atoms with Crippen LogP contribution in [-0.2, 0) is 4.74 Å². The normalized spacial score (nSPS) is 21.0. The van der Waals surface area contributed by atoms with Gasteiger partial charge < -0.3 is 19.3 Å². The third-order valence-corrected chi connectivity index (χ3v) is 5.85. The van der Waals surface area contributed by atoms with Gasteiger partial charge in [-0.3, -0.25) is 4.79 Å². The Morgan fingerprint density at radius 1 is 1.23 bits per heavy atom. The molecule has 1 atom stereocenters. The van der Waals surface area contributed by atoms with Gasteiger partial charge >= 0.3 is 0 Å². The van der Waals surface area contributed by atoms with Gasteiger partial charge in [-0.05, 0) is 55.7 Å². The highest BCUT2D eigenvalue weighted by molar-refractivity contribution is 5.94. The second-order valence-electron chi connectivity index (χ2n) is 10.1. The predicted molar refractivity (Wildman–Crippen MR) is 121 cm³/mol. The molecule has 2 fully saturated rings. The number of carbonyl (C=O) groups is 1. The fourth-order valence-corrected chi connectivity index (χ4v) is 4.51. The van der Waals surface area contributed by atoms with Crippen molar-refractivity contribution in [2.75, 3.05) is 39.3 Å². The molecule has 1 amide bonds. The molecule has 2 saturated heterocycles. The van der Waals surface area contributed by atoms with E-state index >= 15 is 0 Å². The Balaban J connectivity index is 1.56. The van der Waals surface area contributed by atoms with Crippen molar-refractivity contribution in [3.05, 3.63) is 29.8 Å². The minimum atomic E-state index is 0.0813. The van der Waals surface area contributed by atoms with Crippen molar-refractivity contribution in [1.29, 1.82) is 0 Å². The highest BCUT2D eigenvalue weighted by atomic mass is 16.5. The van der Waals surface area contributed by atoms with E-state index in [0.717, 1.165) is 70.6 Å². The third kappa shape index (κ3) is 6.98. The van der Waals surface area contributed by atoms with Gasteiger partial charge in [0, 0.05) is 44.9 Å². The van der Waals surface area contributed by atoms with Crippen molar-refractivity contribution in [1.82, 2.24) is 9.80 Å². The number of hydrogen-bond donors (Lipinski definition) is 0. The van der Waals surface area contributed by atoms with Gasteiger partial charge in [0.2, 0.25) is 0 Å². The molecule has 0 radical (unpaired) electrons. The molecule has 1 unspecified atom stereocenters. The summed E-state index contributed by atoms with van der Waals surface area (Å²) in [5, 5.41) is 0. The van der Waals surface area contributed by atoms with E-state index in [2.05, 4.69) is 32.6 Å². The first-order valence-electron chi connectivity index (χ1n) is 11.7. The van der Waals surface area contributed by atoms with E-state index in [9.17, 15) is 4.79 Å². The van der Waals surface area contributed by atoms with Crippen LogP contribution in [0.15, 0.2) is 24.3 Å². The molecule has 0 bridgehead atoms. The first-order valence-corrected chi connectivity index (χ1v) is 11.7. The van der Waals surface area contributed by atoms with Crippen LogP contribution in [0, 0.1) is 5.41 Å². The summed E-state index contributed by atoms with van der Waals surface area (Å²) in [6.07, 6.45) is 5.57. The number of ether oxygens (including phenoxy) is 2. The Labute approximate surface area is 182 Å². The number of hydrogen-bond acceptors (Lipinski definition) is 4. The lowest BCUT2D eigenvalue weighted by Crippen LogP contribution is -2.42. The summed E-state index contributed by atoms with van der Waals surface area (Å²) in [6, 6.07) is 7.73. The van der Waals surface area contributed by atoms with E-state index in [1.807, 2.05) is 29.2 Å². The lowest BCUT2D eigenvalue weighted by Gasteiger charge is -2.36. The fourth-order valence-electron chi connectivity index (χ4n) is 4.51. The van der Waals surface area contributed by atoms with E-state index in [1.165, 1.54) is 0 Å². The second-order valence-corrected chi connectivity index (χ2v) is 10.1. The molecule has 3 rings (SSSR count). The first kappa shape index (κ1) is 23.1. The van der Waals surface area contributed by atoms with Crippen LogP contribution in [0.2, 0.25) is 0 Å². The number of rotatable bonds is 8. The predicted octanol–water partition coefficient (Wildman–Crippen LogP) is 4.61. The molecule has 1 aromatic rings. The largest absolute Gasteiger partial charge is 0.490 e. The zero-order valence-electron chi connectivity index (χ0n) is 19.4. The molecule has 0 spiro atoms. The molecule has 1 aromatic carbocycles. The van der Waals surface area contributed by atoms with E-state index < -0.39 is 0 Å². The maximum absolute atomic E-state index is 13.2. The van der Waals surface area contributed by atoms with E-state index in [0.29, 0.717) is 17.5 Å². The number of carbonyl (C=O) groups excluding carboxylic acids is 1. The Bertz CT molecular complexity index is 671. The molecule has 5 nitrogen and oxygen atoms in total. The second kappa shape index (κ2) is 10.6. The van der Waals surface area contributed by atoms with Crippen LogP contribution >= 0.6 is 0 Å². The summed E-state index contributed by atoms with van der Waals surface area (Å²) in [6.45, 7) is 14.5. The van der Waals surface area contributed by atoms with Crippen molar-refractivity contribution < 1.29 is 14.3 Å². The molecule has 2 heterocycles. The molecule has 0 N–H and O–H groups in total. The maximum Gasteiger partial charge on any atom is 0.254 e. The quantitative estimate of drug-likeness (QED) is 0.621. The monoisotopic (exact) mass is 416 g/mol. The first-order chi connectivity index (χ1) is 14.3. The maximum atomic E-state index is 13.2. The Morgan fingerprint density at radius 2 is 2.00 bits per heavy atom. The Kier molecular flexibility index (Phi) is 8.18. The fraction of sp³-hybridized carbons (Fsp3) is 0.720. The lowest BCUT2D eigenvalue weighted by molar-refractivity contribution is 0.0525. The SMILES string of the molecule is CCCN(CC1CCCO1)C(=O)c1cccc(OC2CCN(CC(C)(C)C)CC2)c1. The zero-order chi connectivity index (χ0) is 21.6. The molecule has 5 heteroatoms. The summed E-state index contributed by atoms with van der Waals surface area (Å²) in [5.41, 5.74) is 1.04. The summed E-state index contributed by atoms with van der Waals surface area (Å²) >= 11 is 0. The minimum absolute atomic E-state index is 0.0813. The van der Waals surface area contributed by atoms with Crippen molar-refractivity contribution in [3.8, 4) is 5.75 Å². The smallest absolute Gasteiger partial charge is 0.254 e. The van der Waals surface area contributed by atoms with Gasteiger partial charge in [0.1, 0.15) is 11.9 Å². The number of piperidine rings is 1. The minimum Gasteiger partial charge on any atom is -0.490 e. The third-order valence-electron chi connectivity index (χ3n) is 5.85. The Hall–Kier alpha value is -1.59. The lowest BCUT2D eigenvalue weighted by atomic mass is 9.94. The zero-order valence-corrected chi connectivity index (χ0v) is 19.4. The average Bonchev–Trinajstić information content (AvgIpc) is 3.21. The molecular weight excluding hydrogens is 376 g/mol. The molecule has 0 aliphatic carbocycles. The van der Waals surface area contributed by atoms with Crippen LogP contribution in [0.1, 0.15) is 70.2 Å². The van der Waals surface area contributed by atoms with Crippen molar-refractivity contribution in [2.45, 2.75) is 72.0 Å². The summed E-state index contributed by atoms with van der Waals surface area (Å²) in [7, 11) is 0. The molecule has 168 valence electrons. The highest BCUT2D eigenvalue weighted by Gasteiger charge is 2.25. The van der Waals surface area contributed by atoms with Crippen LogP contribution in [0.5, 0.6) is 5.75 Å². The van der Waals surface area contributed by atoms with Crippen molar-refractivity contribution >= 4 is 5.91 Å². The van der Waals surface area contributed by atoms with E-state index in [4.69, 9.17) is 9.47 Å². The number of nitrogens with zero attached hydrogens (tertiary/aromatic N) is 2. The molecule has 0 aromatic heterocycles. The van der Waals surface area contributed by atoms with Crippen LogP contribution < -0.4 is 4.74 Å². The van der Waals surface area contributed by atoms with Gasteiger partial charge in [-0.2, -0.15) is 0 Å². The summed E-state index contributed by atoms with van der Waals surface area (Å²) in [5.74, 6) is 0.890. The molecule has 2 aliphatic heterocycles. The molecular formula is C25H40N2O3. The van der Waals surface area contributed by atoms with Crippen LogP contribution in [0.4, 0.5) is 0 Å². The van der Waals surface area contributed by atoms with Gasteiger partial charge in [-0.25, -0.2) is 0 Å². The van der Waals surface area contributed by atoms with Crippen molar-refractivity contribution in [3.63, 3.8) is 0 Å². The van der Waals surface area contributed by atoms with Gasteiger partial charge in [0.25, 0.3) is 5.91 Å². The Morgan fingerprint density at radius 3 is 2.63 bits per heavy atom. The molecule has 0 saturated carbocycles. The topological polar surface area (TPSA) is 42.0 Å². The van der Waals surface area contributed by atoms with Crippen molar-refractivity contribution in [2.24, 2.45) is 5.41 Å². The van der Waals surface area contributed by atoms with Crippen LogP contribution in [0.3, 0.4) is 0 Å². The molecule has 2 aliphatic rings. The molecule has 30 heavy (non-hydrogen) atoms. The van der Waals surface area contributed by atoms with Gasteiger partial charge in [-0.1, -0.05) is 33.8 Å². The number of likely N-dealkylation sites (tertiary alicyclic amines) is 1. The van der Waals surface area contributed by atoms with Gasteiger partial charge in [0.05, 0.1) is 6.10 Å². The highest BCUT2D eigenvalue weighted by Crippen LogP contribution is 2.24. The van der Waals surface area contributed by atoms with Crippen LogP contribution in [-0.4, -0.2) is 67.2 Å². The number of amides is 1. The number of benzene rings is 1. The van der Waals surface area contributed by atoms with E-state index in [-0.39, 0.29) is 18.1 Å². The van der Waals surface area contributed by atoms with E-state index in [1.54, 1.807) is 0 Å². The van der Waals surface area contributed by atoms with Crippen LogP contribution in [0.25, 0.3) is 0 Å². The summed E-state index contributed by atoms with van der Waals surface area (Å²) < 4.78 is 12.0. The average molecular weight is 417 g/mol. The van der Waals surface area contributed by atoms with Gasteiger partial charge in [0.15, 0.2) is 0 Å². The summed E-state index contributed by atoms with van der Waals surface area (Å²) in [4.78, 5) is 17.6. The standard InChI is InChI=1S/C25H40N2O3/c1-5-13-27(18-23-10-7-16-29-23)24(28)20-8-6-9-22(17-20)30-21-11-14-26(15-12-21)19-25(2,3)4/h6,8-9,17,21,23H,5,7,10-16,18-19H2,1-4H3. The van der Waals surface area contributed by atoms with Gasteiger partial charge in [-0.15, -0.1) is 0 Å².